The molecule has 1 atom stereocenters. The van der Waals surface area contributed by atoms with Gasteiger partial charge in [-0.1, -0.05) is 54.6 Å². The van der Waals surface area contributed by atoms with E-state index in [0.29, 0.717) is 29.2 Å². The van der Waals surface area contributed by atoms with E-state index in [1.807, 2.05) is 37.3 Å². The van der Waals surface area contributed by atoms with Crippen LogP contribution in [0.15, 0.2) is 84.4 Å². The van der Waals surface area contributed by atoms with Gasteiger partial charge in [-0.15, -0.1) is 0 Å². The fraction of sp³-hybridized carbons (Fsp3) is 0.185. The highest BCUT2D eigenvalue weighted by atomic mass is 16.5. The van der Waals surface area contributed by atoms with Gasteiger partial charge in [-0.2, -0.15) is 0 Å². The first-order chi connectivity index (χ1) is 16.0. The van der Waals surface area contributed by atoms with E-state index < -0.39 is 17.7 Å². The number of nitrogens with zero attached hydrogens (tertiary/aromatic N) is 1. The maximum atomic E-state index is 13.1. The predicted molar refractivity (Wildman–Crippen MR) is 125 cm³/mol. The predicted octanol–water partition coefficient (Wildman–Crippen LogP) is 4.72. The molecule has 168 valence electrons. The lowest BCUT2D eigenvalue weighted by Gasteiger charge is -2.25. The van der Waals surface area contributed by atoms with Crippen molar-refractivity contribution < 1.29 is 24.2 Å². The standard InChI is InChI=1S/C27H25NO5/c1-3-33-22-11-7-8-18(16-22)17-28-24(19-12-14-21(32-2)15-13-19)23(26(30)27(28)31)25(29)20-9-5-4-6-10-20/h4-16,24,29H,3,17H2,1-2H3/b25-23-. The molecule has 0 aliphatic carbocycles. The number of rotatable bonds is 7. The Morgan fingerprint density at radius 3 is 2.33 bits per heavy atom. The monoisotopic (exact) mass is 443 g/mol. The molecular formula is C27H25NO5. The fourth-order valence-electron chi connectivity index (χ4n) is 4.02. The molecule has 4 rings (SSSR count). The van der Waals surface area contributed by atoms with Gasteiger partial charge in [0.15, 0.2) is 0 Å². The van der Waals surface area contributed by atoms with Crippen molar-refractivity contribution in [3.8, 4) is 11.5 Å². The van der Waals surface area contributed by atoms with Gasteiger partial charge in [0.2, 0.25) is 0 Å². The average Bonchev–Trinajstić information content (AvgIpc) is 3.09. The van der Waals surface area contributed by atoms with Gasteiger partial charge >= 0.3 is 0 Å². The molecule has 3 aromatic rings. The van der Waals surface area contributed by atoms with Crippen molar-refractivity contribution >= 4 is 17.4 Å². The Kier molecular flexibility index (Phi) is 6.45. The number of carbonyl (C=O) groups excluding carboxylic acids is 2. The van der Waals surface area contributed by atoms with Gasteiger partial charge in [-0.05, 0) is 42.3 Å². The SMILES string of the molecule is CCOc1cccc(CN2C(=O)C(=O)/C(=C(\O)c3ccccc3)C2c2ccc(OC)cc2)c1. The summed E-state index contributed by atoms with van der Waals surface area (Å²) in [7, 11) is 1.57. The van der Waals surface area contributed by atoms with Gasteiger partial charge in [0.1, 0.15) is 17.3 Å². The summed E-state index contributed by atoms with van der Waals surface area (Å²) in [6.07, 6.45) is 0. The number of hydrogen-bond donors (Lipinski definition) is 1. The van der Waals surface area contributed by atoms with Crippen molar-refractivity contribution in [3.05, 3.63) is 101 Å². The van der Waals surface area contributed by atoms with Crippen LogP contribution in [0.3, 0.4) is 0 Å². The van der Waals surface area contributed by atoms with Crippen LogP contribution in [0.5, 0.6) is 11.5 Å². The average molecular weight is 443 g/mol. The fourth-order valence-corrected chi connectivity index (χ4v) is 4.02. The first-order valence-corrected chi connectivity index (χ1v) is 10.7. The maximum absolute atomic E-state index is 13.1. The number of benzene rings is 3. The molecule has 1 N–H and O–H groups in total. The molecule has 1 heterocycles. The molecule has 0 spiro atoms. The molecule has 1 aliphatic rings. The zero-order chi connectivity index (χ0) is 23.4. The zero-order valence-electron chi connectivity index (χ0n) is 18.5. The second-order valence-electron chi connectivity index (χ2n) is 7.65. The van der Waals surface area contributed by atoms with Gasteiger partial charge < -0.3 is 19.5 Å². The molecule has 1 aliphatic heterocycles. The van der Waals surface area contributed by atoms with Crippen LogP contribution >= 0.6 is 0 Å². The molecular weight excluding hydrogens is 418 g/mol. The zero-order valence-corrected chi connectivity index (χ0v) is 18.5. The summed E-state index contributed by atoms with van der Waals surface area (Å²) >= 11 is 0. The third-order valence-electron chi connectivity index (χ3n) is 5.58. The molecule has 6 nitrogen and oxygen atoms in total. The van der Waals surface area contributed by atoms with E-state index in [0.717, 1.165) is 5.56 Å². The van der Waals surface area contributed by atoms with Crippen molar-refractivity contribution in [2.45, 2.75) is 19.5 Å². The van der Waals surface area contributed by atoms with E-state index in [-0.39, 0.29) is 17.9 Å². The molecule has 0 radical (unpaired) electrons. The highest BCUT2D eigenvalue weighted by Crippen LogP contribution is 2.40. The summed E-state index contributed by atoms with van der Waals surface area (Å²) in [4.78, 5) is 27.8. The molecule has 1 unspecified atom stereocenters. The molecule has 0 saturated carbocycles. The molecule has 1 amide bonds. The third-order valence-corrected chi connectivity index (χ3v) is 5.58. The highest BCUT2D eigenvalue weighted by molar-refractivity contribution is 6.46. The Morgan fingerprint density at radius 1 is 0.939 bits per heavy atom. The van der Waals surface area contributed by atoms with Gasteiger partial charge in [0.05, 0.1) is 25.3 Å². The highest BCUT2D eigenvalue weighted by Gasteiger charge is 2.46. The Hall–Kier alpha value is -4.06. The number of hydrogen-bond acceptors (Lipinski definition) is 5. The molecule has 3 aromatic carbocycles. The lowest BCUT2D eigenvalue weighted by molar-refractivity contribution is -0.140. The number of likely N-dealkylation sites (tertiary alicyclic amines) is 1. The quantitative estimate of drug-likeness (QED) is 0.325. The van der Waals surface area contributed by atoms with Crippen LogP contribution in [-0.4, -0.2) is 35.4 Å². The van der Waals surface area contributed by atoms with E-state index in [1.54, 1.807) is 55.6 Å². The van der Waals surface area contributed by atoms with E-state index in [4.69, 9.17) is 9.47 Å². The van der Waals surface area contributed by atoms with Crippen molar-refractivity contribution in [3.63, 3.8) is 0 Å². The molecule has 33 heavy (non-hydrogen) atoms. The molecule has 6 heteroatoms. The number of aliphatic hydroxyl groups is 1. The first kappa shape index (κ1) is 22.1. The van der Waals surface area contributed by atoms with Gasteiger partial charge in [-0.25, -0.2) is 0 Å². The second-order valence-corrected chi connectivity index (χ2v) is 7.65. The third kappa shape index (κ3) is 4.46. The molecule has 1 saturated heterocycles. The van der Waals surface area contributed by atoms with Crippen molar-refractivity contribution in [1.82, 2.24) is 4.90 Å². The number of carbonyl (C=O) groups is 2. The summed E-state index contributed by atoms with van der Waals surface area (Å²) in [6, 6.07) is 22.6. The van der Waals surface area contributed by atoms with Gasteiger partial charge in [0.25, 0.3) is 11.7 Å². The Morgan fingerprint density at radius 2 is 1.67 bits per heavy atom. The van der Waals surface area contributed by atoms with Gasteiger partial charge in [-0.3, -0.25) is 9.59 Å². The normalized spacial score (nSPS) is 17.3. The number of amides is 1. The number of Topliss-reactive ketones (excluding diaryl/α,β-unsaturated/α-hetero) is 1. The van der Waals surface area contributed by atoms with Crippen molar-refractivity contribution in [1.29, 1.82) is 0 Å². The van der Waals surface area contributed by atoms with Crippen LogP contribution in [0.2, 0.25) is 0 Å². The lowest BCUT2D eigenvalue weighted by Crippen LogP contribution is -2.29. The summed E-state index contributed by atoms with van der Waals surface area (Å²) in [5, 5.41) is 11.1. The summed E-state index contributed by atoms with van der Waals surface area (Å²) in [6.45, 7) is 2.61. The number of ether oxygens (including phenoxy) is 2. The van der Waals surface area contributed by atoms with Crippen LogP contribution < -0.4 is 9.47 Å². The van der Waals surface area contributed by atoms with E-state index in [9.17, 15) is 14.7 Å². The maximum Gasteiger partial charge on any atom is 0.295 e. The largest absolute Gasteiger partial charge is 0.507 e. The summed E-state index contributed by atoms with van der Waals surface area (Å²) in [5.74, 6) is -0.214. The van der Waals surface area contributed by atoms with Crippen LogP contribution in [-0.2, 0) is 16.1 Å². The smallest absolute Gasteiger partial charge is 0.295 e. The summed E-state index contributed by atoms with van der Waals surface area (Å²) < 4.78 is 10.8. The lowest BCUT2D eigenvalue weighted by atomic mass is 9.95. The molecule has 0 bridgehead atoms. The van der Waals surface area contributed by atoms with E-state index in [2.05, 4.69) is 0 Å². The van der Waals surface area contributed by atoms with Crippen molar-refractivity contribution in [2.24, 2.45) is 0 Å². The minimum Gasteiger partial charge on any atom is -0.507 e. The van der Waals surface area contributed by atoms with E-state index >= 15 is 0 Å². The summed E-state index contributed by atoms with van der Waals surface area (Å²) in [5.41, 5.74) is 2.07. The van der Waals surface area contributed by atoms with E-state index in [1.165, 1.54) is 4.90 Å². The van der Waals surface area contributed by atoms with Crippen LogP contribution in [0.1, 0.15) is 29.7 Å². The van der Waals surface area contributed by atoms with Crippen LogP contribution in [0, 0.1) is 0 Å². The minimum absolute atomic E-state index is 0.0670. The molecule has 0 aromatic heterocycles. The topological polar surface area (TPSA) is 76.1 Å². The van der Waals surface area contributed by atoms with Crippen LogP contribution in [0.25, 0.3) is 5.76 Å². The van der Waals surface area contributed by atoms with Crippen LogP contribution in [0.4, 0.5) is 0 Å². The first-order valence-electron chi connectivity index (χ1n) is 10.7. The van der Waals surface area contributed by atoms with Crippen molar-refractivity contribution in [2.75, 3.05) is 13.7 Å². The number of methoxy groups -OCH3 is 1. The second kappa shape index (κ2) is 9.61. The number of ketones is 1. The Balaban J connectivity index is 1.81. The Labute approximate surface area is 192 Å². The van der Waals surface area contributed by atoms with Gasteiger partial charge in [0, 0.05) is 12.1 Å². The molecule has 1 fully saturated rings. The number of aliphatic hydroxyl groups excluding tert-OH is 1. The Bertz CT molecular complexity index is 1180. The minimum atomic E-state index is -0.744.